The second-order valence-electron chi connectivity index (χ2n) is 8.85. The maximum atomic E-state index is 14.4. The topological polar surface area (TPSA) is 49.6 Å². The summed E-state index contributed by atoms with van der Waals surface area (Å²) < 4.78 is 72.9. The first kappa shape index (κ1) is 27.0. The quantitative estimate of drug-likeness (QED) is 0.234. The number of aromatic nitrogens is 1. The number of amides is 1. The molecule has 5 nitrogen and oxygen atoms in total. The number of nitrogens with zero attached hydrogens (tertiary/aromatic N) is 3. The van der Waals surface area contributed by atoms with Crippen LogP contribution in [0.1, 0.15) is 38.6 Å². The summed E-state index contributed by atoms with van der Waals surface area (Å²) >= 11 is 0. The molecule has 38 heavy (non-hydrogen) atoms. The summed E-state index contributed by atoms with van der Waals surface area (Å²) in [5, 5.41) is 0. The first-order valence-corrected chi connectivity index (χ1v) is 11.6. The van der Waals surface area contributed by atoms with Crippen molar-refractivity contribution in [1.29, 1.82) is 0 Å². The summed E-state index contributed by atoms with van der Waals surface area (Å²) in [6.07, 6.45) is -3.31. The highest BCUT2D eigenvalue weighted by atomic mass is 19.4. The molecule has 0 spiro atoms. The van der Waals surface area contributed by atoms with Gasteiger partial charge in [0.15, 0.2) is 5.69 Å². The van der Waals surface area contributed by atoms with Gasteiger partial charge in [-0.1, -0.05) is 54.6 Å². The summed E-state index contributed by atoms with van der Waals surface area (Å²) in [6, 6.07) is 17.3. The summed E-state index contributed by atoms with van der Waals surface area (Å²) in [5.74, 6) is -1.79. The Labute approximate surface area is 216 Å². The third-order valence-electron chi connectivity index (χ3n) is 5.81. The van der Waals surface area contributed by atoms with Crippen molar-refractivity contribution in [3.8, 4) is 0 Å². The van der Waals surface area contributed by atoms with Crippen LogP contribution in [0.2, 0.25) is 0 Å². The molecule has 198 valence electrons. The molecule has 0 radical (unpaired) electrons. The highest BCUT2D eigenvalue weighted by molar-refractivity contribution is 5.91. The van der Waals surface area contributed by atoms with E-state index >= 15 is 0 Å². The van der Waals surface area contributed by atoms with Gasteiger partial charge in [-0.25, -0.2) is 13.8 Å². The van der Waals surface area contributed by atoms with Crippen LogP contribution in [0, 0.1) is 11.6 Å². The molecule has 0 unspecified atom stereocenters. The van der Waals surface area contributed by atoms with E-state index in [1.165, 1.54) is 29.4 Å². The van der Waals surface area contributed by atoms with Crippen molar-refractivity contribution >= 4 is 5.91 Å². The first-order valence-electron chi connectivity index (χ1n) is 11.6. The van der Waals surface area contributed by atoms with E-state index in [1.807, 2.05) is 30.3 Å². The van der Waals surface area contributed by atoms with Crippen molar-refractivity contribution in [1.82, 2.24) is 14.8 Å². The Kier molecular flexibility index (Phi) is 8.21. The second kappa shape index (κ2) is 11.6. The number of benzene rings is 3. The molecule has 4 rings (SSSR count). The second-order valence-corrected chi connectivity index (χ2v) is 8.85. The van der Waals surface area contributed by atoms with Crippen LogP contribution in [0.25, 0.3) is 0 Å². The van der Waals surface area contributed by atoms with E-state index in [-0.39, 0.29) is 42.7 Å². The number of hydrogen-bond acceptors (Lipinski definition) is 4. The molecule has 0 aliphatic rings. The van der Waals surface area contributed by atoms with Gasteiger partial charge in [0.25, 0.3) is 5.91 Å². The fourth-order valence-corrected chi connectivity index (χ4v) is 3.96. The molecule has 1 heterocycles. The zero-order valence-corrected chi connectivity index (χ0v) is 20.4. The van der Waals surface area contributed by atoms with Crippen LogP contribution in [0.4, 0.5) is 22.0 Å². The average Bonchev–Trinajstić information content (AvgIpc) is 3.34. The maximum Gasteiger partial charge on any atom is 0.416 e. The maximum absolute atomic E-state index is 14.4. The zero-order chi connectivity index (χ0) is 27.3. The molecule has 0 aliphatic carbocycles. The Balaban J connectivity index is 1.53. The zero-order valence-electron chi connectivity index (χ0n) is 20.4. The van der Waals surface area contributed by atoms with Crippen molar-refractivity contribution in [2.75, 3.05) is 7.05 Å². The summed E-state index contributed by atoms with van der Waals surface area (Å²) in [5.41, 5.74) is 0.649. The molecular formula is C28H24F5N3O2. The third kappa shape index (κ3) is 7.04. The van der Waals surface area contributed by atoms with E-state index in [2.05, 4.69) is 4.98 Å². The molecule has 0 bridgehead atoms. The van der Waals surface area contributed by atoms with Crippen LogP contribution in [0.15, 0.2) is 83.5 Å². The summed E-state index contributed by atoms with van der Waals surface area (Å²) in [6.45, 7) is 0.234. The number of alkyl halides is 3. The van der Waals surface area contributed by atoms with Crippen LogP contribution in [0.5, 0.6) is 0 Å². The van der Waals surface area contributed by atoms with Gasteiger partial charge in [-0.15, -0.1) is 0 Å². The van der Waals surface area contributed by atoms with Crippen LogP contribution in [0.3, 0.4) is 0 Å². The van der Waals surface area contributed by atoms with Gasteiger partial charge in [0.05, 0.1) is 12.1 Å². The van der Waals surface area contributed by atoms with E-state index in [0.29, 0.717) is 12.1 Å². The number of carbonyl (C=O) groups is 1. The number of halogens is 5. The monoisotopic (exact) mass is 529 g/mol. The van der Waals surface area contributed by atoms with Crippen molar-refractivity contribution in [3.63, 3.8) is 0 Å². The normalized spacial score (nSPS) is 11.7. The van der Waals surface area contributed by atoms with Gasteiger partial charge in [-0.05, 0) is 23.3 Å². The fraction of sp³-hybridized carbons (Fsp3) is 0.214. The van der Waals surface area contributed by atoms with Crippen molar-refractivity contribution in [2.24, 2.45) is 0 Å². The predicted molar refractivity (Wildman–Crippen MR) is 129 cm³/mol. The Morgan fingerprint density at radius 3 is 2.32 bits per heavy atom. The van der Waals surface area contributed by atoms with Crippen molar-refractivity contribution < 1.29 is 31.2 Å². The smallest absolute Gasteiger partial charge is 0.416 e. The van der Waals surface area contributed by atoms with Crippen LogP contribution >= 0.6 is 0 Å². The van der Waals surface area contributed by atoms with Crippen LogP contribution in [-0.2, 0) is 32.4 Å². The van der Waals surface area contributed by atoms with Gasteiger partial charge in [0.1, 0.15) is 17.9 Å². The minimum Gasteiger partial charge on any atom is -0.447 e. The minimum absolute atomic E-state index is 0.0136. The highest BCUT2D eigenvalue weighted by Crippen LogP contribution is 2.30. The summed E-state index contributed by atoms with van der Waals surface area (Å²) in [4.78, 5) is 20.2. The van der Waals surface area contributed by atoms with E-state index in [0.717, 1.165) is 29.8 Å². The molecule has 0 saturated carbocycles. The first-order chi connectivity index (χ1) is 18.1. The third-order valence-corrected chi connectivity index (χ3v) is 5.81. The molecule has 4 aromatic rings. The molecule has 0 N–H and O–H groups in total. The van der Waals surface area contributed by atoms with E-state index in [9.17, 15) is 26.7 Å². The Morgan fingerprint density at radius 2 is 1.61 bits per heavy atom. The lowest BCUT2D eigenvalue weighted by atomic mass is 10.1. The lowest BCUT2D eigenvalue weighted by Gasteiger charge is -2.22. The van der Waals surface area contributed by atoms with E-state index in [1.54, 1.807) is 11.9 Å². The highest BCUT2D eigenvalue weighted by Gasteiger charge is 2.30. The van der Waals surface area contributed by atoms with Gasteiger partial charge in [0.2, 0.25) is 5.89 Å². The summed E-state index contributed by atoms with van der Waals surface area (Å²) in [7, 11) is 1.63. The molecule has 1 amide bonds. The van der Waals surface area contributed by atoms with Crippen molar-refractivity contribution in [3.05, 3.63) is 125 Å². The largest absolute Gasteiger partial charge is 0.447 e. The number of oxazole rings is 1. The lowest BCUT2D eigenvalue weighted by molar-refractivity contribution is -0.137. The molecule has 0 fully saturated rings. The molecule has 10 heteroatoms. The molecular weight excluding hydrogens is 505 g/mol. The minimum atomic E-state index is -4.52. The van der Waals surface area contributed by atoms with E-state index < -0.39 is 23.4 Å². The Bertz CT molecular complexity index is 1390. The van der Waals surface area contributed by atoms with Crippen LogP contribution in [-0.4, -0.2) is 27.7 Å². The fourth-order valence-electron chi connectivity index (χ4n) is 3.96. The van der Waals surface area contributed by atoms with E-state index in [4.69, 9.17) is 4.42 Å². The van der Waals surface area contributed by atoms with Gasteiger partial charge in [0, 0.05) is 38.3 Å². The standard InChI is InChI=1S/C28H24F5N3O2/c1-35(14-19-6-3-2-4-7-19)27(37)25-18-38-26(34-25)17-36(16-21-10-11-23(29)13-24(21)30)15-20-8-5-9-22(12-20)28(31,32)33/h2-13,18H,14-17H2,1H3. The Morgan fingerprint density at radius 1 is 0.868 bits per heavy atom. The molecule has 0 saturated heterocycles. The molecule has 0 aliphatic heterocycles. The van der Waals surface area contributed by atoms with Gasteiger partial charge in [-0.2, -0.15) is 13.2 Å². The average molecular weight is 530 g/mol. The lowest BCUT2D eigenvalue weighted by Crippen LogP contribution is -2.27. The number of rotatable bonds is 9. The number of hydrogen-bond donors (Lipinski definition) is 0. The SMILES string of the molecule is CN(Cc1ccccc1)C(=O)c1coc(CN(Cc2cccc(C(F)(F)F)c2)Cc2ccc(F)cc2F)n1. The van der Waals surface area contributed by atoms with Gasteiger partial charge >= 0.3 is 6.18 Å². The van der Waals surface area contributed by atoms with Gasteiger partial charge < -0.3 is 9.32 Å². The van der Waals surface area contributed by atoms with Gasteiger partial charge in [-0.3, -0.25) is 9.69 Å². The molecule has 3 aromatic carbocycles. The molecule has 1 aromatic heterocycles. The number of carbonyl (C=O) groups excluding carboxylic acids is 1. The molecule has 0 atom stereocenters. The Hall–Kier alpha value is -4.05. The predicted octanol–water partition coefficient (Wildman–Crippen LogP) is 6.45. The van der Waals surface area contributed by atoms with Crippen LogP contribution < -0.4 is 0 Å². The van der Waals surface area contributed by atoms with Crippen molar-refractivity contribution in [2.45, 2.75) is 32.4 Å².